The molecular formula is C6H8O2. The number of carbonyl (C=O) groups is 1. The summed E-state index contributed by atoms with van der Waals surface area (Å²) in [5.74, 6) is -0.194. The van der Waals surface area contributed by atoms with E-state index in [1.54, 1.807) is 0 Å². The summed E-state index contributed by atoms with van der Waals surface area (Å²) >= 11 is 0. The molecule has 1 N–H and O–H groups in total. The number of hydrogen-bond acceptors (Lipinski definition) is 2. The Morgan fingerprint density at radius 1 is 1.62 bits per heavy atom. The Morgan fingerprint density at radius 3 is 2.25 bits per heavy atom. The van der Waals surface area contributed by atoms with Crippen LogP contribution in [0.15, 0.2) is 24.5 Å². The topological polar surface area (TPSA) is 37.3 Å². The lowest BCUT2D eigenvalue weighted by Gasteiger charge is -1.80. The van der Waals surface area contributed by atoms with E-state index in [1.165, 1.54) is 19.1 Å². The first-order valence-corrected chi connectivity index (χ1v) is 2.19. The summed E-state index contributed by atoms with van der Waals surface area (Å²) in [5.41, 5.74) is 0. The van der Waals surface area contributed by atoms with Crippen molar-refractivity contribution in [3.05, 3.63) is 24.5 Å². The lowest BCUT2D eigenvalue weighted by atomic mass is 10.4. The molecule has 0 heterocycles. The van der Waals surface area contributed by atoms with Crippen LogP contribution in [0.3, 0.4) is 0 Å². The Labute approximate surface area is 48.1 Å². The van der Waals surface area contributed by atoms with Gasteiger partial charge in [0.2, 0.25) is 0 Å². The van der Waals surface area contributed by atoms with Gasteiger partial charge >= 0.3 is 0 Å². The van der Waals surface area contributed by atoms with Crippen LogP contribution in [0.2, 0.25) is 0 Å². The Bertz CT molecular complexity index is 117. The number of ketones is 1. The van der Waals surface area contributed by atoms with Crippen LogP contribution in [0.5, 0.6) is 0 Å². The molecule has 0 aliphatic rings. The van der Waals surface area contributed by atoms with E-state index < -0.39 is 0 Å². The third kappa shape index (κ3) is 4.95. The SMILES string of the molecule is C=C(O)/C=C\C(C)=O. The molecule has 0 aromatic carbocycles. The molecule has 44 valence electrons. The summed E-state index contributed by atoms with van der Waals surface area (Å²) < 4.78 is 0. The zero-order valence-corrected chi connectivity index (χ0v) is 4.72. The molecule has 0 unspecified atom stereocenters. The van der Waals surface area contributed by atoms with Crippen molar-refractivity contribution in [1.82, 2.24) is 0 Å². The molecule has 0 radical (unpaired) electrons. The van der Waals surface area contributed by atoms with Gasteiger partial charge in [0.1, 0.15) is 5.76 Å². The molecule has 0 aromatic rings. The molecule has 0 bridgehead atoms. The highest BCUT2D eigenvalue weighted by molar-refractivity contribution is 5.87. The second-order valence-electron chi connectivity index (χ2n) is 1.44. The Morgan fingerprint density at radius 2 is 2.12 bits per heavy atom. The minimum absolute atomic E-state index is 0.0970. The van der Waals surface area contributed by atoms with Gasteiger partial charge in [0.15, 0.2) is 5.78 Å². The quantitative estimate of drug-likeness (QED) is 0.331. The maximum Gasteiger partial charge on any atom is 0.152 e. The molecule has 2 nitrogen and oxygen atoms in total. The number of rotatable bonds is 2. The van der Waals surface area contributed by atoms with Crippen molar-refractivity contribution >= 4 is 5.78 Å². The molecule has 0 saturated heterocycles. The summed E-state index contributed by atoms with van der Waals surface area (Å²) in [4.78, 5) is 10.1. The minimum Gasteiger partial charge on any atom is -0.509 e. The molecule has 2 heteroatoms. The molecule has 0 atom stereocenters. The van der Waals surface area contributed by atoms with Crippen LogP contribution in [0.1, 0.15) is 6.92 Å². The van der Waals surface area contributed by atoms with Crippen LogP contribution >= 0.6 is 0 Å². The smallest absolute Gasteiger partial charge is 0.152 e. The fourth-order valence-electron chi connectivity index (χ4n) is 0.214. The van der Waals surface area contributed by atoms with Crippen LogP contribution in [-0.2, 0) is 4.79 Å². The predicted octanol–water partition coefficient (Wildman–Crippen LogP) is 1.20. The predicted molar refractivity (Wildman–Crippen MR) is 31.6 cm³/mol. The first-order chi connectivity index (χ1) is 3.63. The second-order valence-corrected chi connectivity index (χ2v) is 1.44. The van der Waals surface area contributed by atoms with Gasteiger partial charge in [0, 0.05) is 0 Å². The zero-order chi connectivity index (χ0) is 6.57. The van der Waals surface area contributed by atoms with Gasteiger partial charge < -0.3 is 5.11 Å². The third-order valence-electron chi connectivity index (χ3n) is 0.510. The average molecular weight is 112 g/mol. The monoisotopic (exact) mass is 112 g/mol. The Balaban J connectivity index is 3.67. The lowest BCUT2D eigenvalue weighted by Crippen LogP contribution is -1.79. The van der Waals surface area contributed by atoms with Crippen LogP contribution < -0.4 is 0 Å². The highest BCUT2D eigenvalue weighted by Gasteiger charge is 1.80. The van der Waals surface area contributed by atoms with Gasteiger partial charge in [-0.2, -0.15) is 0 Å². The number of aliphatic hydroxyl groups excluding tert-OH is 1. The molecule has 0 aliphatic carbocycles. The average Bonchev–Trinajstić information content (AvgIpc) is 1.61. The van der Waals surface area contributed by atoms with Crippen molar-refractivity contribution in [3.8, 4) is 0 Å². The van der Waals surface area contributed by atoms with E-state index >= 15 is 0 Å². The fraction of sp³-hybridized carbons (Fsp3) is 0.167. The Kier molecular flexibility index (Phi) is 2.62. The molecule has 0 aromatic heterocycles. The lowest BCUT2D eigenvalue weighted by molar-refractivity contribution is -0.112. The van der Waals surface area contributed by atoms with E-state index in [2.05, 4.69) is 6.58 Å². The second kappa shape index (κ2) is 3.02. The summed E-state index contributed by atoms with van der Waals surface area (Å²) in [6.07, 6.45) is 2.50. The highest BCUT2D eigenvalue weighted by Crippen LogP contribution is 1.83. The van der Waals surface area contributed by atoms with E-state index in [0.29, 0.717) is 0 Å². The van der Waals surface area contributed by atoms with Gasteiger partial charge in [-0.05, 0) is 19.1 Å². The Hall–Kier alpha value is -1.05. The molecule has 0 fully saturated rings. The van der Waals surface area contributed by atoms with Crippen LogP contribution in [0.4, 0.5) is 0 Å². The molecule has 0 spiro atoms. The fourth-order valence-corrected chi connectivity index (χ4v) is 0.214. The van der Waals surface area contributed by atoms with E-state index in [4.69, 9.17) is 5.11 Å². The van der Waals surface area contributed by atoms with Gasteiger partial charge in [-0.3, -0.25) is 4.79 Å². The molecule has 0 aliphatic heterocycles. The summed E-state index contributed by atoms with van der Waals surface area (Å²) in [6.45, 7) is 4.55. The van der Waals surface area contributed by atoms with Crippen LogP contribution in [-0.4, -0.2) is 10.9 Å². The van der Waals surface area contributed by atoms with Crippen molar-refractivity contribution in [1.29, 1.82) is 0 Å². The van der Waals surface area contributed by atoms with E-state index in [-0.39, 0.29) is 11.5 Å². The largest absolute Gasteiger partial charge is 0.509 e. The maximum atomic E-state index is 10.1. The molecule has 0 rings (SSSR count). The highest BCUT2D eigenvalue weighted by atomic mass is 16.3. The van der Waals surface area contributed by atoms with Gasteiger partial charge in [0.05, 0.1) is 0 Å². The van der Waals surface area contributed by atoms with E-state index in [9.17, 15) is 4.79 Å². The molecule has 0 amide bonds. The summed E-state index contributed by atoms with van der Waals surface area (Å²) in [5, 5.41) is 8.37. The van der Waals surface area contributed by atoms with Crippen molar-refractivity contribution in [3.63, 3.8) is 0 Å². The molecular weight excluding hydrogens is 104 g/mol. The van der Waals surface area contributed by atoms with Gasteiger partial charge in [-0.25, -0.2) is 0 Å². The number of allylic oxidation sites excluding steroid dienone is 2. The van der Waals surface area contributed by atoms with Crippen LogP contribution in [0.25, 0.3) is 0 Å². The summed E-state index contributed by atoms with van der Waals surface area (Å²) in [7, 11) is 0. The normalized spacial score (nSPS) is 9.62. The maximum absolute atomic E-state index is 10.1. The third-order valence-corrected chi connectivity index (χ3v) is 0.510. The molecule has 0 saturated carbocycles. The summed E-state index contributed by atoms with van der Waals surface area (Å²) in [6, 6.07) is 0. The van der Waals surface area contributed by atoms with Gasteiger partial charge in [0.25, 0.3) is 0 Å². The number of carbonyl (C=O) groups excluding carboxylic acids is 1. The van der Waals surface area contributed by atoms with Gasteiger partial charge in [-0.15, -0.1) is 0 Å². The zero-order valence-electron chi connectivity index (χ0n) is 4.72. The van der Waals surface area contributed by atoms with Crippen molar-refractivity contribution in [2.24, 2.45) is 0 Å². The van der Waals surface area contributed by atoms with Crippen molar-refractivity contribution in [2.45, 2.75) is 6.92 Å². The minimum atomic E-state index is -0.0970. The van der Waals surface area contributed by atoms with Crippen molar-refractivity contribution in [2.75, 3.05) is 0 Å². The van der Waals surface area contributed by atoms with Crippen molar-refractivity contribution < 1.29 is 9.90 Å². The van der Waals surface area contributed by atoms with E-state index in [1.807, 2.05) is 0 Å². The first-order valence-electron chi connectivity index (χ1n) is 2.19. The standard InChI is InChI=1S/C6H8O2/c1-5(7)3-4-6(2)8/h3-4,7H,1H2,2H3/b4-3-. The number of aliphatic hydroxyl groups is 1. The number of hydrogen-bond donors (Lipinski definition) is 1. The van der Waals surface area contributed by atoms with Gasteiger partial charge in [-0.1, -0.05) is 6.58 Å². The van der Waals surface area contributed by atoms with E-state index in [0.717, 1.165) is 0 Å². The molecule has 8 heavy (non-hydrogen) atoms. The first kappa shape index (κ1) is 6.95. The van der Waals surface area contributed by atoms with Crippen LogP contribution in [0, 0.1) is 0 Å².